The average Bonchev–Trinajstić information content (AvgIpc) is 2.52. The molecule has 0 radical (unpaired) electrons. The SMILES string of the molecule is C/C(=N\NC(=S)NCc1ccc(C)cc1C)c1ccccn1. The second kappa shape index (κ2) is 7.66. The number of hydrazone groups is 1. The van der Waals surface area contributed by atoms with Crippen LogP contribution < -0.4 is 10.7 Å². The maximum Gasteiger partial charge on any atom is 0.187 e. The van der Waals surface area contributed by atoms with Crippen molar-refractivity contribution in [2.75, 3.05) is 0 Å². The van der Waals surface area contributed by atoms with Crippen LogP contribution in [0.5, 0.6) is 0 Å². The molecule has 0 aliphatic heterocycles. The normalized spacial score (nSPS) is 11.1. The van der Waals surface area contributed by atoms with Crippen molar-refractivity contribution in [2.45, 2.75) is 27.3 Å². The molecule has 114 valence electrons. The minimum atomic E-state index is 0.496. The summed E-state index contributed by atoms with van der Waals surface area (Å²) in [5, 5.41) is 7.90. The number of rotatable bonds is 4. The van der Waals surface area contributed by atoms with Crippen molar-refractivity contribution in [3.05, 3.63) is 65.0 Å². The molecular formula is C17H20N4S. The van der Waals surface area contributed by atoms with E-state index in [0.29, 0.717) is 11.7 Å². The first-order valence-corrected chi connectivity index (χ1v) is 7.53. The summed E-state index contributed by atoms with van der Waals surface area (Å²) in [4.78, 5) is 4.24. The van der Waals surface area contributed by atoms with Gasteiger partial charge in [0.05, 0.1) is 11.4 Å². The van der Waals surface area contributed by atoms with Gasteiger partial charge in [0.2, 0.25) is 0 Å². The van der Waals surface area contributed by atoms with E-state index in [-0.39, 0.29) is 0 Å². The Bertz CT molecular complexity index is 680. The van der Waals surface area contributed by atoms with Crippen molar-refractivity contribution < 1.29 is 0 Å². The first-order chi connectivity index (χ1) is 10.6. The molecule has 2 aromatic rings. The molecule has 0 spiro atoms. The van der Waals surface area contributed by atoms with Crippen LogP contribution in [-0.4, -0.2) is 15.8 Å². The number of hydrogen-bond donors (Lipinski definition) is 2. The van der Waals surface area contributed by atoms with Crippen LogP contribution in [0.2, 0.25) is 0 Å². The van der Waals surface area contributed by atoms with Crippen LogP contribution in [-0.2, 0) is 6.54 Å². The number of nitrogens with zero attached hydrogens (tertiary/aromatic N) is 2. The number of nitrogens with one attached hydrogen (secondary N) is 2. The molecule has 1 aromatic carbocycles. The number of pyridine rings is 1. The lowest BCUT2D eigenvalue weighted by Gasteiger charge is -2.10. The molecule has 2 rings (SSSR count). The number of thiocarbonyl (C=S) groups is 1. The van der Waals surface area contributed by atoms with Crippen molar-refractivity contribution in [2.24, 2.45) is 5.10 Å². The summed E-state index contributed by atoms with van der Waals surface area (Å²) in [6.07, 6.45) is 1.74. The van der Waals surface area contributed by atoms with Crippen LogP contribution >= 0.6 is 12.2 Å². The van der Waals surface area contributed by atoms with E-state index in [1.807, 2.05) is 25.1 Å². The lowest BCUT2D eigenvalue weighted by atomic mass is 10.1. The average molecular weight is 312 g/mol. The largest absolute Gasteiger partial charge is 0.357 e. The molecule has 0 aliphatic rings. The minimum Gasteiger partial charge on any atom is -0.357 e. The number of benzene rings is 1. The van der Waals surface area contributed by atoms with E-state index in [2.05, 4.69) is 52.9 Å². The molecule has 0 unspecified atom stereocenters. The summed E-state index contributed by atoms with van der Waals surface area (Å²) in [7, 11) is 0. The highest BCUT2D eigenvalue weighted by Gasteiger charge is 2.01. The maximum atomic E-state index is 5.24. The second-order valence-corrected chi connectivity index (χ2v) is 5.54. The van der Waals surface area contributed by atoms with Crippen LogP contribution in [0.25, 0.3) is 0 Å². The molecule has 5 heteroatoms. The third kappa shape index (κ3) is 4.63. The Labute approximate surface area is 136 Å². The van der Waals surface area contributed by atoms with E-state index in [1.165, 1.54) is 16.7 Å². The van der Waals surface area contributed by atoms with Gasteiger partial charge < -0.3 is 5.32 Å². The fourth-order valence-corrected chi connectivity index (χ4v) is 2.15. The van der Waals surface area contributed by atoms with Crippen molar-refractivity contribution in [1.82, 2.24) is 15.7 Å². The third-order valence-corrected chi connectivity index (χ3v) is 3.53. The predicted octanol–water partition coefficient (Wildman–Crippen LogP) is 3.09. The topological polar surface area (TPSA) is 49.3 Å². The van der Waals surface area contributed by atoms with E-state index >= 15 is 0 Å². The Balaban J connectivity index is 1.88. The van der Waals surface area contributed by atoms with Gasteiger partial charge in [0.15, 0.2) is 5.11 Å². The van der Waals surface area contributed by atoms with Gasteiger partial charge in [0, 0.05) is 12.7 Å². The molecular weight excluding hydrogens is 292 g/mol. The Kier molecular flexibility index (Phi) is 5.61. The quantitative estimate of drug-likeness (QED) is 0.517. The van der Waals surface area contributed by atoms with Crippen molar-refractivity contribution in [3.63, 3.8) is 0 Å². The molecule has 0 fully saturated rings. The van der Waals surface area contributed by atoms with Crippen molar-refractivity contribution in [3.8, 4) is 0 Å². The van der Waals surface area contributed by atoms with E-state index < -0.39 is 0 Å². The molecule has 22 heavy (non-hydrogen) atoms. The molecule has 1 heterocycles. The number of hydrogen-bond acceptors (Lipinski definition) is 3. The molecule has 0 atom stereocenters. The summed E-state index contributed by atoms with van der Waals surface area (Å²) in [5.41, 5.74) is 8.20. The van der Waals surface area contributed by atoms with Gasteiger partial charge in [0.1, 0.15) is 0 Å². The highest BCUT2D eigenvalue weighted by Crippen LogP contribution is 2.09. The Morgan fingerprint density at radius 2 is 2.05 bits per heavy atom. The lowest BCUT2D eigenvalue weighted by Crippen LogP contribution is -2.32. The Morgan fingerprint density at radius 1 is 1.23 bits per heavy atom. The second-order valence-electron chi connectivity index (χ2n) is 5.14. The molecule has 0 saturated carbocycles. The van der Waals surface area contributed by atoms with Gasteiger partial charge in [-0.1, -0.05) is 29.8 Å². The maximum absolute atomic E-state index is 5.24. The number of aryl methyl sites for hydroxylation is 2. The monoisotopic (exact) mass is 312 g/mol. The zero-order valence-corrected chi connectivity index (χ0v) is 13.9. The first-order valence-electron chi connectivity index (χ1n) is 7.12. The van der Waals surface area contributed by atoms with Crippen LogP contribution in [0.3, 0.4) is 0 Å². The van der Waals surface area contributed by atoms with Gasteiger partial charge in [-0.2, -0.15) is 5.10 Å². The van der Waals surface area contributed by atoms with Crippen LogP contribution in [0.1, 0.15) is 29.3 Å². The van der Waals surface area contributed by atoms with Gasteiger partial charge >= 0.3 is 0 Å². The highest BCUT2D eigenvalue weighted by atomic mass is 32.1. The Hall–Kier alpha value is -2.27. The summed E-state index contributed by atoms with van der Waals surface area (Å²) in [5.74, 6) is 0. The number of aromatic nitrogens is 1. The van der Waals surface area contributed by atoms with Crippen LogP contribution in [0.15, 0.2) is 47.7 Å². The van der Waals surface area contributed by atoms with Gasteiger partial charge in [-0.15, -0.1) is 0 Å². The van der Waals surface area contributed by atoms with Crippen molar-refractivity contribution >= 4 is 23.0 Å². The van der Waals surface area contributed by atoms with Crippen molar-refractivity contribution in [1.29, 1.82) is 0 Å². The van der Waals surface area contributed by atoms with Gasteiger partial charge in [-0.05, 0) is 56.2 Å². The fourth-order valence-electron chi connectivity index (χ4n) is 2.03. The van der Waals surface area contributed by atoms with Gasteiger partial charge in [0.25, 0.3) is 0 Å². The van der Waals surface area contributed by atoms with Crippen LogP contribution in [0.4, 0.5) is 0 Å². The zero-order chi connectivity index (χ0) is 15.9. The minimum absolute atomic E-state index is 0.496. The van der Waals surface area contributed by atoms with E-state index in [9.17, 15) is 0 Å². The summed E-state index contributed by atoms with van der Waals surface area (Å²) < 4.78 is 0. The Morgan fingerprint density at radius 3 is 2.73 bits per heavy atom. The van der Waals surface area contributed by atoms with E-state index in [1.54, 1.807) is 6.20 Å². The summed E-state index contributed by atoms with van der Waals surface area (Å²) in [6.45, 7) is 6.76. The van der Waals surface area contributed by atoms with E-state index in [0.717, 1.165) is 11.4 Å². The molecule has 0 bridgehead atoms. The standard InChI is InChI=1S/C17H20N4S/c1-12-7-8-15(13(2)10-12)11-19-17(22)21-20-14(3)16-6-4-5-9-18-16/h4-10H,11H2,1-3H3,(H2,19,21,22)/b20-14+. The zero-order valence-electron chi connectivity index (χ0n) is 13.1. The smallest absolute Gasteiger partial charge is 0.187 e. The molecule has 0 aliphatic carbocycles. The van der Waals surface area contributed by atoms with Gasteiger partial charge in [-0.25, -0.2) is 0 Å². The highest BCUT2D eigenvalue weighted by molar-refractivity contribution is 7.80. The predicted molar refractivity (Wildman–Crippen MR) is 94.9 cm³/mol. The first kappa shape index (κ1) is 16.1. The fraction of sp³-hybridized carbons (Fsp3) is 0.235. The summed E-state index contributed by atoms with van der Waals surface area (Å²) in [6, 6.07) is 12.1. The third-order valence-electron chi connectivity index (χ3n) is 3.30. The molecule has 0 saturated heterocycles. The molecule has 4 nitrogen and oxygen atoms in total. The van der Waals surface area contributed by atoms with Gasteiger partial charge in [-0.3, -0.25) is 10.4 Å². The summed E-state index contributed by atoms with van der Waals surface area (Å²) >= 11 is 5.24. The molecule has 1 aromatic heterocycles. The van der Waals surface area contributed by atoms with Crippen LogP contribution in [0, 0.1) is 13.8 Å². The lowest BCUT2D eigenvalue weighted by molar-refractivity contribution is 0.860. The van der Waals surface area contributed by atoms with E-state index in [4.69, 9.17) is 12.2 Å². The molecule has 2 N–H and O–H groups in total. The molecule has 0 amide bonds.